The molecule has 0 bridgehead atoms. The molecule has 23 heavy (non-hydrogen) atoms. The van der Waals surface area contributed by atoms with Crippen LogP contribution >= 0.6 is 0 Å². The van der Waals surface area contributed by atoms with E-state index in [2.05, 4.69) is 47.4 Å². The largest absolute Gasteiger partial charge is 0.392 e. The molecule has 0 aliphatic rings. The van der Waals surface area contributed by atoms with Gasteiger partial charge in [-0.15, -0.1) is 0 Å². The maximum atomic E-state index is 9.41. The van der Waals surface area contributed by atoms with Crippen LogP contribution < -0.4 is 0 Å². The second-order valence-corrected chi connectivity index (χ2v) is 5.86. The van der Waals surface area contributed by atoms with E-state index in [0.717, 1.165) is 18.4 Å². The summed E-state index contributed by atoms with van der Waals surface area (Å²) in [6.07, 6.45) is 5.66. The van der Waals surface area contributed by atoms with Crippen LogP contribution in [-0.2, 0) is 19.4 Å². The number of aliphatic hydroxyl groups excluding tert-OH is 1. The number of pyridine rings is 1. The van der Waals surface area contributed by atoms with Crippen molar-refractivity contribution < 1.29 is 5.11 Å². The Balaban J connectivity index is 1.88. The number of rotatable bonds is 6. The fraction of sp³-hybridized carbons (Fsp3) is 0.190. The minimum atomic E-state index is 0.0821. The number of aliphatic hydroxyl groups is 1. The van der Waals surface area contributed by atoms with E-state index in [4.69, 9.17) is 0 Å². The third-order valence-electron chi connectivity index (χ3n) is 4.13. The summed E-state index contributed by atoms with van der Waals surface area (Å²) in [7, 11) is 0. The number of aromatic nitrogens is 1. The van der Waals surface area contributed by atoms with E-state index < -0.39 is 0 Å². The molecule has 0 aliphatic heterocycles. The molecule has 0 radical (unpaired) electrons. The molecule has 3 aromatic rings. The quantitative estimate of drug-likeness (QED) is 0.742. The van der Waals surface area contributed by atoms with Gasteiger partial charge in [-0.05, 0) is 47.1 Å². The van der Waals surface area contributed by atoms with Crippen molar-refractivity contribution in [2.24, 2.45) is 0 Å². The normalized spacial score (nSPS) is 12.0. The van der Waals surface area contributed by atoms with Crippen LogP contribution in [0.4, 0.5) is 0 Å². The number of hydrogen-bond donors (Lipinski definition) is 1. The molecule has 1 heterocycles. The summed E-state index contributed by atoms with van der Waals surface area (Å²) in [4.78, 5) is 4.23. The van der Waals surface area contributed by atoms with Crippen molar-refractivity contribution in [2.75, 3.05) is 0 Å². The highest BCUT2D eigenvalue weighted by Crippen LogP contribution is 2.26. The van der Waals surface area contributed by atoms with Crippen molar-refractivity contribution in [3.63, 3.8) is 0 Å². The van der Waals surface area contributed by atoms with E-state index in [1.165, 1.54) is 16.7 Å². The van der Waals surface area contributed by atoms with Gasteiger partial charge in [-0.25, -0.2) is 0 Å². The van der Waals surface area contributed by atoms with Gasteiger partial charge in [0.15, 0.2) is 0 Å². The summed E-state index contributed by atoms with van der Waals surface area (Å²) in [5.74, 6) is 0.369. The van der Waals surface area contributed by atoms with Crippen LogP contribution in [0.1, 0.15) is 28.2 Å². The van der Waals surface area contributed by atoms with Gasteiger partial charge < -0.3 is 5.11 Å². The molecule has 3 rings (SSSR count). The molecular weight excluding hydrogens is 282 g/mol. The van der Waals surface area contributed by atoms with Gasteiger partial charge >= 0.3 is 0 Å². The van der Waals surface area contributed by atoms with Crippen LogP contribution in [0.2, 0.25) is 0 Å². The molecule has 116 valence electrons. The predicted octanol–water partition coefficient (Wildman–Crippen LogP) is 4.14. The Morgan fingerprint density at radius 2 is 1.52 bits per heavy atom. The van der Waals surface area contributed by atoms with Crippen LogP contribution in [0, 0.1) is 0 Å². The van der Waals surface area contributed by atoms with Gasteiger partial charge in [0.05, 0.1) is 6.61 Å². The fourth-order valence-electron chi connectivity index (χ4n) is 2.96. The van der Waals surface area contributed by atoms with Crippen LogP contribution in [0.3, 0.4) is 0 Å². The van der Waals surface area contributed by atoms with Crippen molar-refractivity contribution in [2.45, 2.75) is 25.4 Å². The van der Waals surface area contributed by atoms with Gasteiger partial charge in [-0.3, -0.25) is 4.98 Å². The molecule has 0 aliphatic carbocycles. The second kappa shape index (κ2) is 7.70. The molecule has 0 saturated heterocycles. The standard InChI is InChI=1S/C21H21NO/c23-16-19-8-4-10-20(14-19)21(12-17-6-2-1-3-7-17)13-18-9-5-11-22-15-18/h1-11,14-15,21,23H,12-13,16H2. The zero-order valence-corrected chi connectivity index (χ0v) is 13.1. The minimum absolute atomic E-state index is 0.0821. The molecule has 2 heteroatoms. The molecule has 0 amide bonds. The lowest BCUT2D eigenvalue weighted by Crippen LogP contribution is -2.07. The van der Waals surface area contributed by atoms with E-state index in [0.29, 0.717) is 5.92 Å². The van der Waals surface area contributed by atoms with E-state index in [1.807, 2.05) is 36.7 Å². The lowest BCUT2D eigenvalue weighted by molar-refractivity contribution is 0.281. The van der Waals surface area contributed by atoms with E-state index in [-0.39, 0.29) is 6.61 Å². The third-order valence-corrected chi connectivity index (χ3v) is 4.13. The van der Waals surface area contributed by atoms with Crippen LogP contribution in [0.15, 0.2) is 79.1 Å². The molecule has 1 unspecified atom stereocenters. The summed E-state index contributed by atoms with van der Waals surface area (Å²) < 4.78 is 0. The smallest absolute Gasteiger partial charge is 0.0681 e. The van der Waals surface area contributed by atoms with Gasteiger partial charge in [-0.2, -0.15) is 0 Å². The first-order chi connectivity index (χ1) is 11.3. The highest BCUT2D eigenvalue weighted by atomic mass is 16.3. The summed E-state index contributed by atoms with van der Waals surface area (Å²) in [5.41, 5.74) is 4.80. The van der Waals surface area contributed by atoms with E-state index >= 15 is 0 Å². The molecule has 2 nitrogen and oxygen atoms in total. The van der Waals surface area contributed by atoms with Crippen LogP contribution in [0.5, 0.6) is 0 Å². The lowest BCUT2D eigenvalue weighted by Gasteiger charge is -2.18. The molecule has 1 atom stereocenters. The molecule has 1 aromatic heterocycles. The Morgan fingerprint density at radius 3 is 2.26 bits per heavy atom. The second-order valence-electron chi connectivity index (χ2n) is 5.86. The van der Waals surface area contributed by atoms with Gasteiger partial charge in [0, 0.05) is 12.4 Å². The summed E-state index contributed by atoms with van der Waals surface area (Å²) in [6.45, 7) is 0.0821. The van der Waals surface area contributed by atoms with Crippen molar-refractivity contribution in [1.29, 1.82) is 0 Å². The van der Waals surface area contributed by atoms with Crippen molar-refractivity contribution >= 4 is 0 Å². The summed E-state index contributed by atoms with van der Waals surface area (Å²) >= 11 is 0. The number of benzene rings is 2. The Labute approximate surface area is 137 Å². The highest BCUT2D eigenvalue weighted by Gasteiger charge is 2.14. The van der Waals surface area contributed by atoms with Crippen molar-refractivity contribution in [3.05, 3.63) is 101 Å². The third kappa shape index (κ3) is 4.27. The van der Waals surface area contributed by atoms with Crippen molar-refractivity contribution in [1.82, 2.24) is 4.98 Å². The highest BCUT2D eigenvalue weighted by molar-refractivity contribution is 5.30. The average Bonchev–Trinajstić information content (AvgIpc) is 2.63. The summed E-state index contributed by atoms with van der Waals surface area (Å²) in [5, 5.41) is 9.41. The SMILES string of the molecule is OCc1cccc(C(Cc2ccccc2)Cc2cccnc2)c1. The monoisotopic (exact) mass is 303 g/mol. The Hall–Kier alpha value is -2.45. The zero-order chi connectivity index (χ0) is 15.9. The van der Waals surface area contributed by atoms with Gasteiger partial charge in [0.25, 0.3) is 0 Å². The Kier molecular flexibility index (Phi) is 5.17. The average molecular weight is 303 g/mol. The fourth-order valence-corrected chi connectivity index (χ4v) is 2.96. The Bertz CT molecular complexity index is 684. The molecule has 1 N–H and O–H groups in total. The minimum Gasteiger partial charge on any atom is -0.392 e. The first-order valence-corrected chi connectivity index (χ1v) is 7.97. The lowest BCUT2D eigenvalue weighted by atomic mass is 9.86. The van der Waals surface area contributed by atoms with Gasteiger partial charge in [0.2, 0.25) is 0 Å². The van der Waals surface area contributed by atoms with Crippen LogP contribution in [-0.4, -0.2) is 10.1 Å². The molecule has 0 spiro atoms. The molecule has 2 aromatic carbocycles. The molecular formula is C21H21NO. The van der Waals surface area contributed by atoms with Crippen LogP contribution in [0.25, 0.3) is 0 Å². The first kappa shape index (κ1) is 15.4. The van der Waals surface area contributed by atoms with E-state index in [1.54, 1.807) is 0 Å². The molecule has 0 fully saturated rings. The van der Waals surface area contributed by atoms with Crippen molar-refractivity contribution in [3.8, 4) is 0 Å². The number of nitrogens with zero attached hydrogens (tertiary/aromatic N) is 1. The maximum Gasteiger partial charge on any atom is 0.0681 e. The maximum absolute atomic E-state index is 9.41. The zero-order valence-electron chi connectivity index (χ0n) is 13.1. The Morgan fingerprint density at radius 1 is 0.783 bits per heavy atom. The topological polar surface area (TPSA) is 33.1 Å². The molecule has 0 saturated carbocycles. The van der Waals surface area contributed by atoms with Gasteiger partial charge in [-0.1, -0.05) is 60.7 Å². The van der Waals surface area contributed by atoms with E-state index in [9.17, 15) is 5.11 Å². The number of hydrogen-bond acceptors (Lipinski definition) is 2. The van der Waals surface area contributed by atoms with Gasteiger partial charge in [0.1, 0.15) is 0 Å². The summed E-state index contributed by atoms with van der Waals surface area (Å²) in [6, 6.07) is 22.9. The predicted molar refractivity (Wildman–Crippen MR) is 93.2 cm³/mol. The first-order valence-electron chi connectivity index (χ1n) is 7.97.